The fourth-order valence-electron chi connectivity index (χ4n) is 3.68. The number of hydrogen-bond donors (Lipinski definition) is 1. The molecule has 0 atom stereocenters. The fourth-order valence-corrected chi connectivity index (χ4v) is 3.68. The number of hydrogen-bond acceptors (Lipinski definition) is 7. The first-order chi connectivity index (χ1) is 16.5. The molecule has 0 spiro atoms. The molecule has 1 aliphatic heterocycles. The van der Waals surface area contributed by atoms with Crippen molar-refractivity contribution in [2.24, 2.45) is 0 Å². The van der Waals surface area contributed by atoms with E-state index in [1.54, 1.807) is 88.1 Å². The van der Waals surface area contributed by atoms with E-state index >= 15 is 0 Å². The lowest BCUT2D eigenvalue weighted by atomic mass is 10.0. The third-order valence-corrected chi connectivity index (χ3v) is 5.46. The fraction of sp³-hybridized carbons (Fsp3) is 0.154. The van der Waals surface area contributed by atoms with Crippen molar-refractivity contribution in [3.8, 4) is 23.0 Å². The largest absolute Gasteiger partial charge is 0.497 e. The van der Waals surface area contributed by atoms with Crippen molar-refractivity contribution >= 4 is 28.8 Å². The van der Waals surface area contributed by atoms with Gasteiger partial charge in [-0.2, -0.15) is 0 Å². The van der Waals surface area contributed by atoms with E-state index in [0.717, 1.165) is 4.90 Å². The monoisotopic (exact) mass is 460 g/mol. The molecule has 0 aliphatic carbocycles. The van der Waals surface area contributed by atoms with Crippen LogP contribution in [0.2, 0.25) is 0 Å². The summed E-state index contributed by atoms with van der Waals surface area (Å²) in [5, 5.41) is 3.12. The molecule has 0 fully saturated rings. The quantitative estimate of drug-likeness (QED) is 0.506. The van der Waals surface area contributed by atoms with E-state index < -0.39 is 11.8 Å². The van der Waals surface area contributed by atoms with Crippen LogP contribution >= 0.6 is 0 Å². The summed E-state index contributed by atoms with van der Waals surface area (Å²) in [5.41, 5.74) is 1.84. The Morgan fingerprint density at radius 2 is 1.21 bits per heavy atom. The lowest BCUT2D eigenvalue weighted by Gasteiger charge is -2.16. The van der Waals surface area contributed by atoms with Gasteiger partial charge in [0.15, 0.2) is 0 Å². The smallest absolute Gasteiger partial charge is 0.282 e. The molecule has 8 heteroatoms. The highest BCUT2D eigenvalue weighted by atomic mass is 16.5. The predicted molar refractivity (Wildman–Crippen MR) is 129 cm³/mol. The molecular formula is C26H24N2O6. The molecule has 4 rings (SSSR count). The number of nitrogens with zero attached hydrogens (tertiary/aromatic N) is 1. The number of rotatable bonds is 8. The van der Waals surface area contributed by atoms with Gasteiger partial charge in [-0.3, -0.25) is 9.59 Å². The van der Waals surface area contributed by atoms with Gasteiger partial charge in [0.05, 0.1) is 45.4 Å². The summed E-state index contributed by atoms with van der Waals surface area (Å²) in [6.07, 6.45) is 0. The summed E-state index contributed by atoms with van der Waals surface area (Å²) in [4.78, 5) is 28.3. The number of carbonyl (C=O) groups excluding carboxylic acids is 2. The Labute approximate surface area is 197 Å². The Morgan fingerprint density at radius 3 is 1.76 bits per heavy atom. The van der Waals surface area contributed by atoms with Crippen molar-refractivity contribution in [2.45, 2.75) is 0 Å². The van der Waals surface area contributed by atoms with Gasteiger partial charge >= 0.3 is 0 Å². The van der Waals surface area contributed by atoms with Crippen molar-refractivity contribution in [2.75, 3.05) is 38.7 Å². The molecule has 0 bridgehead atoms. The van der Waals surface area contributed by atoms with Gasteiger partial charge < -0.3 is 24.3 Å². The highest BCUT2D eigenvalue weighted by molar-refractivity contribution is 6.46. The Morgan fingerprint density at radius 1 is 0.647 bits per heavy atom. The zero-order valence-electron chi connectivity index (χ0n) is 19.2. The van der Waals surface area contributed by atoms with Crippen molar-refractivity contribution in [1.29, 1.82) is 0 Å². The number of ether oxygens (including phenoxy) is 4. The van der Waals surface area contributed by atoms with Gasteiger partial charge in [0.25, 0.3) is 11.8 Å². The van der Waals surface area contributed by atoms with Crippen LogP contribution in [0, 0.1) is 0 Å². The second-order valence-electron chi connectivity index (χ2n) is 7.31. The number of methoxy groups -OCH3 is 4. The molecule has 1 aliphatic rings. The maximum atomic E-state index is 13.6. The molecule has 1 heterocycles. The van der Waals surface area contributed by atoms with E-state index in [9.17, 15) is 9.59 Å². The van der Waals surface area contributed by atoms with Crippen LogP contribution in [-0.2, 0) is 9.59 Å². The number of benzene rings is 3. The van der Waals surface area contributed by atoms with Gasteiger partial charge in [-0.05, 0) is 54.1 Å². The number of anilines is 2. The van der Waals surface area contributed by atoms with E-state index in [-0.39, 0.29) is 11.3 Å². The first kappa shape index (κ1) is 22.7. The van der Waals surface area contributed by atoms with Crippen LogP contribution in [0.25, 0.3) is 5.57 Å². The van der Waals surface area contributed by atoms with Gasteiger partial charge in [0, 0.05) is 6.07 Å². The molecule has 34 heavy (non-hydrogen) atoms. The standard InChI is InChI=1S/C26H24N2O6/c1-31-18-9-5-16(6-10-18)23-24(27-21-15-20(33-3)13-14-22(21)34-4)26(30)28(25(23)29)17-7-11-19(32-2)12-8-17/h5-15,27H,1-4H3. The lowest BCUT2D eigenvalue weighted by Crippen LogP contribution is -2.32. The highest BCUT2D eigenvalue weighted by Gasteiger charge is 2.40. The van der Waals surface area contributed by atoms with E-state index in [0.29, 0.717) is 39.9 Å². The van der Waals surface area contributed by atoms with Crippen molar-refractivity contribution in [3.63, 3.8) is 0 Å². The average molecular weight is 460 g/mol. The summed E-state index contributed by atoms with van der Waals surface area (Å²) in [6.45, 7) is 0. The molecule has 0 radical (unpaired) electrons. The minimum atomic E-state index is -0.495. The second-order valence-corrected chi connectivity index (χ2v) is 7.31. The second kappa shape index (κ2) is 9.58. The SMILES string of the molecule is COc1ccc(C2=C(Nc3cc(OC)ccc3OC)C(=O)N(c3ccc(OC)cc3)C2=O)cc1. The van der Waals surface area contributed by atoms with E-state index in [1.165, 1.54) is 7.11 Å². The van der Waals surface area contributed by atoms with Crippen LogP contribution in [0.3, 0.4) is 0 Å². The number of amides is 2. The van der Waals surface area contributed by atoms with Crippen LogP contribution in [-0.4, -0.2) is 40.3 Å². The number of nitrogens with one attached hydrogen (secondary N) is 1. The maximum absolute atomic E-state index is 13.6. The summed E-state index contributed by atoms with van der Waals surface area (Å²) < 4.78 is 21.2. The molecule has 8 nitrogen and oxygen atoms in total. The van der Waals surface area contributed by atoms with Crippen LogP contribution in [0.15, 0.2) is 72.4 Å². The molecule has 174 valence electrons. The van der Waals surface area contributed by atoms with Gasteiger partial charge in [0.1, 0.15) is 28.7 Å². The normalized spacial score (nSPS) is 13.2. The molecule has 3 aromatic carbocycles. The van der Waals surface area contributed by atoms with Crippen molar-refractivity contribution in [1.82, 2.24) is 0 Å². The predicted octanol–water partition coefficient (Wildman–Crippen LogP) is 4.12. The summed E-state index contributed by atoms with van der Waals surface area (Å²) in [7, 11) is 6.18. The van der Waals surface area contributed by atoms with Crippen molar-refractivity contribution in [3.05, 3.63) is 78.0 Å². The van der Waals surface area contributed by atoms with Gasteiger partial charge in [0.2, 0.25) is 0 Å². The summed E-state index contributed by atoms with van der Waals surface area (Å²) in [5.74, 6) is 1.36. The molecule has 1 N–H and O–H groups in total. The van der Waals surface area contributed by atoms with Crippen molar-refractivity contribution < 1.29 is 28.5 Å². The lowest BCUT2D eigenvalue weighted by molar-refractivity contribution is -0.120. The Bertz CT molecular complexity index is 1250. The van der Waals surface area contributed by atoms with Gasteiger partial charge in [-0.15, -0.1) is 0 Å². The summed E-state index contributed by atoms with van der Waals surface area (Å²) >= 11 is 0. The van der Waals surface area contributed by atoms with Crippen LogP contribution < -0.4 is 29.2 Å². The van der Waals surface area contributed by atoms with Crippen LogP contribution in [0.1, 0.15) is 5.56 Å². The molecular weight excluding hydrogens is 436 g/mol. The van der Waals surface area contributed by atoms with Gasteiger partial charge in [-0.1, -0.05) is 12.1 Å². The topological polar surface area (TPSA) is 86.3 Å². The molecule has 2 amide bonds. The number of carbonyl (C=O) groups is 2. The Kier molecular flexibility index (Phi) is 6.40. The van der Waals surface area contributed by atoms with Crippen LogP contribution in [0.4, 0.5) is 11.4 Å². The molecule has 0 saturated carbocycles. The van der Waals surface area contributed by atoms with Gasteiger partial charge in [-0.25, -0.2) is 4.90 Å². The first-order valence-corrected chi connectivity index (χ1v) is 10.4. The van der Waals surface area contributed by atoms with E-state index in [4.69, 9.17) is 18.9 Å². The average Bonchev–Trinajstić information content (AvgIpc) is 3.12. The minimum Gasteiger partial charge on any atom is -0.497 e. The first-order valence-electron chi connectivity index (χ1n) is 10.4. The molecule has 0 aromatic heterocycles. The summed E-state index contributed by atoms with van der Waals surface area (Å²) in [6, 6.07) is 18.8. The third-order valence-electron chi connectivity index (χ3n) is 5.46. The van der Waals surface area contributed by atoms with E-state index in [1.807, 2.05) is 0 Å². The highest BCUT2D eigenvalue weighted by Crippen LogP contribution is 2.37. The zero-order chi connectivity index (χ0) is 24.2. The van der Waals surface area contributed by atoms with E-state index in [2.05, 4.69) is 5.32 Å². The minimum absolute atomic E-state index is 0.123. The number of imide groups is 1. The molecule has 0 saturated heterocycles. The van der Waals surface area contributed by atoms with Crippen LogP contribution in [0.5, 0.6) is 23.0 Å². The third kappa shape index (κ3) is 4.13. The molecule has 3 aromatic rings. The maximum Gasteiger partial charge on any atom is 0.282 e. The zero-order valence-corrected chi connectivity index (χ0v) is 19.2. The Balaban J connectivity index is 1.82. The molecule has 0 unspecified atom stereocenters. The Hall–Kier alpha value is -4.46.